The van der Waals surface area contributed by atoms with Crippen LogP contribution in [0.2, 0.25) is 0 Å². The Morgan fingerprint density at radius 2 is 1.86 bits per heavy atom. The monoisotopic (exact) mass is 288 g/mol. The molecule has 118 valence electrons. The summed E-state index contributed by atoms with van der Waals surface area (Å²) in [5, 5.41) is 0. The third kappa shape index (κ3) is 3.87. The molecule has 2 N–H and O–H groups in total. The van der Waals surface area contributed by atoms with Crippen LogP contribution in [0.15, 0.2) is 24.3 Å². The maximum Gasteiger partial charge on any atom is 0.0476 e. The lowest BCUT2D eigenvalue weighted by molar-refractivity contribution is 0.137. The van der Waals surface area contributed by atoms with Gasteiger partial charge in [-0.15, -0.1) is 0 Å². The Morgan fingerprint density at radius 3 is 2.38 bits per heavy atom. The second-order valence-corrected chi connectivity index (χ2v) is 7.03. The number of hydrogen-bond acceptors (Lipinski definition) is 2. The van der Waals surface area contributed by atoms with Crippen molar-refractivity contribution in [2.75, 3.05) is 6.54 Å². The molecule has 1 aliphatic heterocycles. The van der Waals surface area contributed by atoms with Gasteiger partial charge in [-0.25, -0.2) is 0 Å². The second kappa shape index (κ2) is 7.42. The third-order valence-electron chi connectivity index (χ3n) is 4.91. The van der Waals surface area contributed by atoms with E-state index in [0.717, 1.165) is 6.42 Å². The average Bonchev–Trinajstić information content (AvgIpc) is 2.82. The molecule has 1 saturated heterocycles. The molecule has 1 heterocycles. The molecule has 2 rings (SSSR count). The van der Waals surface area contributed by atoms with Crippen LogP contribution in [0.4, 0.5) is 0 Å². The Bertz CT molecular complexity index is 424. The van der Waals surface area contributed by atoms with Crippen LogP contribution >= 0.6 is 0 Å². The second-order valence-electron chi connectivity index (χ2n) is 7.03. The van der Waals surface area contributed by atoms with Crippen LogP contribution in [0.1, 0.15) is 64.1 Å². The first-order valence-electron chi connectivity index (χ1n) is 8.63. The van der Waals surface area contributed by atoms with Crippen LogP contribution < -0.4 is 5.73 Å². The normalized spacial score (nSPS) is 24.7. The summed E-state index contributed by atoms with van der Waals surface area (Å²) in [5.41, 5.74) is 8.96. The lowest BCUT2D eigenvalue weighted by Gasteiger charge is -2.35. The quantitative estimate of drug-likeness (QED) is 0.852. The fourth-order valence-electron chi connectivity index (χ4n) is 3.85. The van der Waals surface area contributed by atoms with E-state index < -0.39 is 0 Å². The molecule has 1 aromatic carbocycles. The van der Waals surface area contributed by atoms with Gasteiger partial charge in [0.15, 0.2) is 0 Å². The molecule has 0 aromatic heterocycles. The van der Waals surface area contributed by atoms with Gasteiger partial charge in [-0.05, 0) is 49.7 Å². The minimum absolute atomic E-state index is 0.376. The first-order chi connectivity index (χ1) is 10.1. The topological polar surface area (TPSA) is 29.3 Å². The fraction of sp³-hybridized carbons (Fsp3) is 0.684. The van der Waals surface area contributed by atoms with Crippen molar-refractivity contribution in [3.63, 3.8) is 0 Å². The van der Waals surface area contributed by atoms with E-state index in [1.165, 1.54) is 30.4 Å². The molecule has 1 fully saturated rings. The van der Waals surface area contributed by atoms with Crippen molar-refractivity contribution in [2.24, 2.45) is 11.7 Å². The van der Waals surface area contributed by atoms with Gasteiger partial charge < -0.3 is 5.73 Å². The van der Waals surface area contributed by atoms with E-state index in [-0.39, 0.29) is 0 Å². The number of nitrogens with two attached hydrogens (primary N) is 1. The number of benzene rings is 1. The van der Waals surface area contributed by atoms with E-state index in [1.807, 2.05) is 0 Å². The van der Waals surface area contributed by atoms with Gasteiger partial charge in [-0.3, -0.25) is 4.90 Å². The summed E-state index contributed by atoms with van der Waals surface area (Å²) in [5.74, 6) is 0.712. The molecule has 2 heteroatoms. The predicted octanol–water partition coefficient (Wildman–Crippen LogP) is 4.15. The molecule has 1 aliphatic rings. The Kier molecular flexibility index (Phi) is 5.83. The molecule has 3 atom stereocenters. The van der Waals surface area contributed by atoms with Crippen molar-refractivity contribution >= 4 is 0 Å². The molecule has 0 amide bonds. The van der Waals surface area contributed by atoms with Crippen molar-refractivity contribution in [3.05, 3.63) is 35.4 Å². The summed E-state index contributed by atoms with van der Waals surface area (Å²) in [6, 6.07) is 10.9. The molecule has 0 aliphatic carbocycles. The van der Waals surface area contributed by atoms with Gasteiger partial charge >= 0.3 is 0 Å². The number of rotatable bonds is 6. The number of nitrogens with zero attached hydrogens (tertiary/aromatic N) is 1. The molecule has 2 nitrogen and oxygen atoms in total. The van der Waals surface area contributed by atoms with Crippen molar-refractivity contribution in [2.45, 2.75) is 71.5 Å². The first kappa shape index (κ1) is 16.5. The molecule has 0 saturated carbocycles. The van der Waals surface area contributed by atoms with Crippen LogP contribution in [0, 0.1) is 5.92 Å². The zero-order chi connectivity index (χ0) is 15.4. The lowest BCUT2D eigenvalue weighted by atomic mass is 9.98. The molecule has 1 aromatic rings. The number of hydrogen-bond donors (Lipinski definition) is 1. The Labute approximate surface area is 130 Å². The van der Waals surface area contributed by atoms with E-state index in [4.69, 9.17) is 5.73 Å². The van der Waals surface area contributed by atoms with Gasteiger partial charge in [0.1, 0.15) is 0 Å². The van der Waals surface area contributed by atoms with Crippen molar-refractivity contribution < 1.29 is 0 Å². The highest BCUT2D eigenvalue weighted by molar-refractivity contribution is 5.26. The Morgan fingerprint density at radius 1 is 1.19 bits per heavy atom. The van der Waals surface area contributed by atoms with Gasteiger partial charge in [-0.2, -0.15) is 0 Å². The minimum atomic E-state index is 0.376. The first-order valence-corrected chi connectivity index (χ1v) is 8.63. The van der Waals surface area contributed by atoms with Gasteiger partial charge in [0.25, 0.3) is 0 Å². The highest BCUT2D eigenvalue weighted by Gasteiger charge is 2.34. The minimum Gasteiger partial charge on any atom is -0.329 e. The largest absolute Gasteiger partial charge is 0.329 e. The van der Waals surface area contributed by atoms with Gasteiger partial charge in [0.05, 0.1) is 0 Å². The maximum absolute atomic E-state index is 6.14. The van der Waals surface area contributed by atoms with Gasteiger partial charge in [0, 0.05) is 24.7 Å². The summed E-state index contributed by atoms with van der Waals surface area (Å²) in [7, 11) is 0. The van der Waals surface area contributed by atoms with Crippen LogP contribution in [0.5, 0.6) is 0 Å². The number of likely N-dealkylation sites (tertiary alicyclic amines) is 1. The Hall–Kier alpha value is -0.860. The van der Waals surface area contributed by atoms with Crippen molar-refractivity contribution in [3.8, 4) is 0 Å². The summed E-state index contributed by atoms with van der Waals surface area (Å²) in [4.78, 5) is 2.66. The van der Waals surface area contributed by atoms with E-state index >= 15 is 0 Å². The lowest BCUT2D eigenvalue weighted by Crippen LogP contribution is -2.41. The van der Waals surface area contributed by atoms with Crippen LogP contribution in [0.25, 0.3) is 0 Å². The van der Waals surface area contributed by atoms with Gasteiger partial charge in [-0.1, -0.05) is 45.0 Å². The van der Waals surface area contributed by atoms with Crippen molar-refractivity contribution in [1.29, 1.82) is 0 Å². The van der Waals surface area contributed by atoms with E-state index in [2.05, 4.69) is 56.9 Å². The maximum atomic E-state index is 6.14. The molecular formula is C19H32N2. The summed E-state index contributed by atoms with van der Waals surface area (Å²) < 4.78 is 0. The van der Waals surface area contributed by atoms with E-state index in [0.29, 0.717) is 30.6 Å². The highest BCUT2D eigenvalue weighted by Crippen LogP contribution is 2.34. The van der Waals surface area contributed by atoms with Gasteiger partial charge in [0.2, 0.25) is 0 Å². The summed E-state index contributed by atoms with van der Waals surface area (Å²) in [6.45, 7) is 9.91. The molecular weight excluding hydrogens is 256 g/mol. The van der Waals surface area contributed by atoms with Crippen LogP contribution in [-0.4, -0.2) is 23.5 Å². The highest BCUT2D eigenvalue weighted by atomic mass is 15.2. The van der Waals surface area contributed by atoms with Crippen LogP contribution in [0.3, 0.4) is 0 Å². The molecule has 0 bridgehead atoms. The zero-order valence-electron chi connectivity index (χ0n) is 14.2. The standard InChI is InChI=1S/C19H32N2/c1-5-18-11-6-15(4)21(18)19(13-20)17-9-7-16(8-10-17)12-14(2)3/h7-10,14-15,18-19H,5-6,11-13,20H2,1-4H3. The molecule has 3 unspecified atom stereocenters. The smallest absolute Gasteiger partial charge is 0.0476 e. The summed E-state index contributed by atoms with van der Waals surface area (Å²) in [6.07, 6.45) is 5.01. The predicted molar refractivity (Wildman–Crippen MR) is 91.4 cm³/mol. The zero-order valence-corrected chi connectivity index (χ0v) is 14.2. The van der Waals surface area contributed by atoms with Crippen LogP contribution in [-0.2, 0) is 6.42 Å². The van der Waals surface area contributed by atoms with E-state index in [1.54, 1.807) is 0 Å². The molecule has 21 heavy (non-hydrogen) atoms. The fourth-order valence-corrected chi connectivity index (χ4v) is 3.85. The van der Waals surface area contributed by atoms with E-state index in [9.17, 15) is 0 Å². The SMILES string of the molecule is CCC1CCC(C)N1C(CN)c1ccc(CC(C)C)cc1. The summed E-state index contributed by atoms with van der Waals surface area (Å²) >= 11 is 0. The Balaban J connectivity index is 2.16. The van der Waals surface area contributed by atoms with Crippen molar-refractivity contribution in [1.82, 2.24) is 4.90 Å². The molecule has 0 radical (unpaired) electrons. The third-order valence-corrected chi connectivity index (χ3v) is 4.91. The molecule has 0 spiro atoms. The average molecular weight is 288 g/mol.